The molecule has 1 heterocycles. The van der Waals surface area contributed by atoms with Crippen LogP contribution in [-0.4, -0.2) is 21.8 Å². The normalized spacial score (nSPS) is 10.5. The van der Waals surface area contributed by atoms with Crippen LogP contribution in [0.4, 0.5) is 0 Å². The van der Waals surface area contributed by atoms with Crippen LogP contribution in [0.1, 0.15) is 11.1 Å². The lowest BCUT2D eigenvalue weighted by Crippen LogP contribution is -2.09. The molecule has 0 spiro atoms. The van der Waals surface area contributed by atoms with Gasteiger partial charge in [-0.3, -0.25) is 0 Å². The van der Waals surface area contributed by atoms with Gasteiger partial charge in [0.25, 0.3) is 0 Å². The second-order valence-corrected chi connectivity index (χ2v) is 3.50. The Bertz CT molecular complexity index is 434. The highest BCUT2D eigenvalue weighted by Crippen LogP contribution is 2.15. The third-order valence-electron chi connectivity index (χ3n) is 2.27. The topological polar surface area (TPSA) is 42.7 Å². The van der Waals surface area contributed by atoms with Gasteiger partial charge in [0.15, 0.2) is 0 Å². The van der Waals surface area contributed by atoms with Crippen molar-refractivity contribution in [2.45, 2.75) is 13.5 Å². The Hall–Kier alpha value is -1.68. The third-order valence-corrected chi connectivity index (χ3v) is 2.27. The summed E-state index contributed by atoms with van der Waals surface area (Å²) in [5, 5.41) is 7.29. The molecule has 4 heteroatoms. The molecular weight excluding hydrogens is 188 g/mol. The van der Waals surface area contributed by atoms with E-state index >= 15 is 0 Å². The second-order valence-electron chi connectivity index (χ2n) is 3.50. The van der Waals surface area contributed by atoms with Crippen molar-refractivity contribution < 1.29 is 0 Å². The summed E-state index contributed by atoms with van der Waals surface area (Å²) in [7, 11) is 1.94. The van der Waals surface area contributed by atoms with Crippen molar-refractivity contribution in [1.29, 1.82) is 0 Å². The van der Waals surface area contributed by atoms with Crippen LogP contribution in [0, 0.1) is 6.92 Å². The maximum atomic E-state index is 4.14. The molecule has 0 fully saturated rings. The van der Waals surface area contributed by atoms with Crippen LogP contribution in [0.3, 0.4) is 0 Å². The van der Waals surface area contributed by atoms with E-state index in [1.54, 1.807) is 17.3 Å². The predicted octanol–water partition coefficient (Wildman–Crippen LogP) is 1.30. The largest absolute Gasteiger partial charge is 0.316 e. The molecule has 0 radical (unpaired) electrons. The fourth-order valence-corrected chi connectivity index (χ4v) is 1.60. The molecule has 2 rings (SSSR count). The van der Waals surface area contributed by atoms with E-state index in [2.05, 4.69) is 40.5 Å². The lowest BCUT2D eigenvalue weighted by molar-refractivity contribution is 0.787. The average molecular weight is 202 g/mol. The van der Waals surface area contributed by atoms with Crippen molar-refractivity contribution >= 4 is 0 Å². The molecule has 15 heavy (non-hydrogen) atoms. The zero-order chi connectivity index (χ0) is 10.7. The van der Waals surface area contributed by atoms with Gasteiger partial charge >= 0.3 is 0 Å². The van der Waals surface area contributed by atoms with E-state index in [0.29, 0.717) is 0 Å². The summed E-state index contributed by atoms with van der Waals surface area (Å²) in [4.78, 5) is 3.95. The Morgan fingerprint density at radius 2 is 2.27 bits per heavy atom. The SMILES string of the molecule is CNCc1cc(C)ccc1-n1cncn1. The van der Waals surface area contributed by atoms with E-state index in [1.807, 2.05) is 7.05 Å². The Balaban J connectivity index is 2.46. The first kappa shape index (κ1) is 9.86. The minimum atomic E-state index is 0.830. The van der Waals surface area contributed by atoms with Crippen molar-refractivity contribution in [3.63, 3.8) is 0 Å². The van der Waals surface area contributed by atoms with Crippen LogP contribution in [0.2, 0.25) is 0 Å². The summed E-state index contributed by atoms with van der Waals surface area (Å²) in [6.45, 7) is 2.92. The van der Waals surface area contributed by atoms with Crippen LogP contribution < -0.4 is 5.32 Å². The number of hydrogen-bond acceptors (Lipinski definition) is 3. The molecule has 1 N–H and O–H groups in total. The van der Waals surface area contributed by atoms with Crippen molar-refractivity contribution in [2.24, 2.45) is 0 Å². The molecule has 0 aliphatic heterocycles. The molecule has 2 aromatic rings. The fourth-order valence-electron chi connectivity index (χ4n) is 1.60. The molecule has 0 aliphatic rings. The maximum absolute atomic E-state index is 4.14. The van der Waals surface area contributed by atoms with Gasteiger partial charge < -0.3 is 5.32 Å². The van der Waals surface area contributed by atoms with E-state index in [4.69, 9.17) is 0 Å². The van der Waals surface area contributed by atoms with Crippen LogP contribution in [0.25, 0.3) is 5.69 Å². The van der Waals surface area contributed by atoms with Crippen molar-refractivity contribution in [3.8, 4) is 5.69 Å². The minimum Gasteiger partial charge on any atom is -0.316 e. The number of rotatable bonds is 3. The van der Waals surface area contributed by atoms with Crippen LogP contribution in [0.15, 0.2) is 30.9 Å². The Morgan fingerprint density at radius 3 is 2.93 bits per heavy atom. The van der Waals surface area contributed by atoms with E-state index in [1.165, 1.54) is 11.1 Å². The van der Waals surface area contributed by atoms with E-state index < -0.39 is 0 Å². The quantitative estimate of drug-likeness (QED) is 0.815. The molecular formula is C11H14N4. The van der Waals surface area contributed by atoms with Gasteiger partial charge in [0.1, 0.15) is 12.7 Å². The number of aryl methyl sites for hydroxylation is 1. The first-order valence-electron chi connectivity index (χ1n) is 4.90. The van der Waals surface area contributed by atoms with Gasteiger partial charge in [0.2, 0.25) is 0 Å². The molecule has 0 atom stereocenters. The maximum Gasteiger partial charge on any atom is 0.138 e. The highest BCUT2D eigenvalue weighted by molar-refractivity contribution is 5.42. The number of aromatic nitrogens is 3. The van der Waals surface area contributed by atoms with Gasteiger partial charge in [-0.1, -0.05) is 17.7 Å². The molecule has 0 unspecified atom stereocenters. The Kier molecular flexibility index (Phi) is 2.78. The predicted molar refractivity (Wildman–Crippen MR) is 58.9 cm³/mol. The molecule has 1 aromatic heterocycles. The lowest BCUT2D eigenvalue weighted by atomic mass is 10.1. The smallest absolute Gasteiger partial charge is 0.138 e. The van der Waals surface area contributed by atoms with Gasteiger partial charge in [-0.2, -0.15) is 5.10 Å². The minimum absolute atomic E-state index is 0.830. The summed E-state index contributed by atoms with van der Waals surface area (Å²) in [5.74, 6) is 0. The molecule has 0 saturated carbocycles. The summed E-state index contributed by atoms with van der Waals surface area (Å²) < 4.78 is 1.78. The third kappa shape index (κ3) is 2.05. The van der Waals surface area contributed by atoms with E-state index in [9.17, 15) is 0 Å². The summed E-state index contributed by atoms with van der Waals surface area (Å²) in [6, 6.07) is 6.31. The molecule has 78 valence electrons. The standard InChI is InChI=1S/C11H14N4/c1-9-3-4-11(10(5-9)6-12-2)15-8-13-7-14-15/h3-5,7-8,12H,6H2,1-2H3. The molecule has 0 saturated heterocycles. The highest BCUT2D eigenvalue weighted by Gasteiger charge is 2.04. The second kappa shape index (κ2) is 4.23. The van der Waals surface area contributed by atoms with Gasteiger partial charge in [-0.15, -0.1) is 0 Å². The van der Waals surface area contributed by atoms with Crippen LogP contribution in [-0.2, 0) is 6.54 Å². The number of hydrogen-bond donors (Lipinski definition) is 1. The first-order valence-corrected chi connectivity index (χ1v) is 4.90. The van der Waals surface area contributed by atoms with E-state index in [-0.39, 0.29) is 0 Å². The summed E-state index contributed by atoms with van der Waals surface area (Å²) >= 11 is 0. The monoisotopic (exact) mass is 202 g/mol. The van der Waals surface area contributed by atoms with Gasteiger partial charge in [-0.05, 0) is 25.6 Å². The first-order chi connectivity index (χ1) is 7.31. The van der Waals surface area contributed by atoms with Crippen molar-refractivity contribution in [2.75, 3.05) is 7.05 Å². The Labute approximate surface area is 89.0 Å². The van der Waals surface area contributed by atoms with Crippen LogP contribution >= 0.6 is 0 Å². The summed E-state index contributed by atoms with van der Waals surface area (Å²) in [5.41, 5.74) is 3.56. The molecule has 1 aromatic carbocycles. The lowest BCUT2D eigenvalue weighted by Gasteiger charge is -2.09. The zero-order valence-electron chi connectivity index (χ0n) is 8.94. The molecule has 0 amide bonds. The van der Waals surface area contributed by atoms with Gasteiger partial charge in [0, 0.05) is 6.54 Å². The van der Waals surface area contributed by atoms with Gasteiger partial charge in [-0.25, -0.2) is 9.67 Å². The average Bonchev–Trinajstić information content (AvgIpc) is 2.71. The molecule has 0 bridgehead atoms. The number of nitrogens with one attached hydrogen (secondary N) is 1. The number of nitrogens with zero attached hydrogens (tertiary/aromatic N) is 3. The Morgan fingerprint density at radius 1 is 1.40 bits per heavy atom. The zero-order valence-corrected chi connectivity index (χ0v) is 8.94. The van der Waals surface area contributed by atoms with Crippen LogP contribution in [0.5, 0.6) is 0 Å². The highest BCUT2D eigenvalue weighted by atomic mass is 15.3. The molecule has 4 nitrogen and oxygen atoms in total. The van der Waals surface area contributed by atoms with E-state index in [0.717, 1.165) is 12.2 Å². The fraction of sp³-hybridized carbons (Fsp3) is 0.273. The van der Waals surface area contributed by atoms with Crippen molar-refractivity contribution in [3.05, 3.63) is 42.0 Å². The molecule has 0 aliphatic carbocycles. The van der Waals surface area contributed by atoms with Crippen molar-refractivity contribution in [1.82, 2.24) is 20.1 Å². The number of benzene rings is 1. The van der Waals surface area contributed by atoms with Gasteiger partial charge in [0.05, 0.1) is 5.69 Å². The summed E-state index contributed by atoms with van der Waals surface area (Å²) in [6.07, 6.45) is 3.26.